The van der Waals surface area contributed by atoms with E-state index in [2.05, 4.69) is 37.4 Å². The predicted molar refractivity (Wildman–Crippen MR) is 72.2 cm³/mol. The Labute approximate surface area is 104 Å². The topological polar surface area (TPSA) is 12.0 Å². The molecule has 0 aliphatic heterocycles. The quantitative estimate of drug-likeness (QED) is 0.588. The fraction of sp³-hybridized carbons (Fsp3) is 0.571. The Hall–Kier alpha value is -0.530. The van der Waals surface area contributed by atoms with Crippen molar-refractivity contribution in [1.82, 2.24) is 5.32 Å². The second kappa shape index (κ2) is 6.93. The Balaban J connectivity index is 2.29. The van der Waals surface area contributed by atoms with E-state index in [0.717, 1.165) is 25.9 Å². The summed E-state index contributed by atoms with van der Waals surface area (Å²) < 4.78 is 0. The zero-order valence-corrected chi connectivity index (χ0v) is 11.3. The largest absolute Gasteiger partial charge is 0.313 e. The summed E-state index contributed by atoms with van der Waals surface area (Å²) in [5.41, 5.74) is 4.10. The molecule has 0 radical (unpaired) electrons. The molecular formula is C14H22ClN. The highest BCUT2D eigenvalue weighted by molar-refractivity contribution is 6.20. The summed E-state index contributed by atoms with van der Waals surface area (Å²) in [6, 6.07) is 6.60. The third-order valence-electron chi connectivity index (χ3n) is 2.78. The lowest BCUT2D eigenvalue weighted by atomic mass is 10.1. The molecule has 0 aliphatic carbocycles. The minimum atomic E-state index is 0.294. The zero-order valence-electron chi connectivity index (χ0n) is 10.5. The number of rotatable bonds is 6. The van der Waals surface area contributed by atoms with Crippen LogP contribution >= 0.6 is 11.6 Å². The molecule has 0 saturated carbocycles. The van der Waals surface area contributed by atoms with Crippen LogP contribution in [0, 0.1) is 13.8 Å². The number of nitrogens with one attached hydrogen (secondary N) is 1. The maximum Gasteiger partial charge on any atom is 0.0308 e. The molecule has 1 N–H and O–H groups in total. The normalized spacial score (nSPS) is 12.8. The van der Waals surface area contributed by atoms with Crippen LogP contribution in [0.1, 0.15) is 36.5 Å². The Morgan fingerprint density at radius 1 is 1.31 bits per heavy atom. The third kappa shape index (κ3) is 5.00. The molecule has 0 saturated heterocycles. The van der Waals surface area contributed by atoms with Crippen molar-refractivity contribution in [2.75, 3.05) is 6.54 Å². The monoisotopic (exact) mass is 239 g/mol. The first kappa shape index (κ1) is 13.5. The van der Waals surface area contributed by atoms with E-state index in [-0.39, 0.29) is 0 Å². The third-order valence-corrected chi connectivity index (χ3v) is 2.99. The molecular weight excluding hydrogens is 218 g/mol. The van der Waals surface area contributed by atoms with Gasteiger partial charge in [-0.3, -0.25) is 0 Å². The van der Waals surface area contributed by atoms with Gasteiger partial charge >= 0.3 is 0 Å². The Bertz CT molecular complexity index is 321. The van der Waals surface area contributed by atoms with Gasteiger partial charge in [-0.05, 0) is 51.3 Å². The van der Waals surface area contributed by atoms with Crippen LogP contribution in [0.15, 0.2) is 18.2 Å². The van der Waals surface area contributed by atoms with Crippen LogP contribution in [0.5, 0.6) is 0 Å². The lowest BCUT2D eigenvalue weighted by molar-refractivity contribution is 0.618. The standard InChI is InChI=1S/C14H22ClN/c1-11-6-7-12(2)14(9-11)10-16-8-4-5-13(3)15/h6-7,9,13,16H,4-5,8,10H2,1-3H3. The Morgan fingerprint density at radius 2 is 2.06 bits per heavy atom. The lowest BCUT2D eigenvalue weighted by Gasteiger charge is -2.09. The van der Waals surface area contributed by atoms with Gasteiger partial charge in [-0.25, -0.2) is 0 Å². The van der Waals surface area contributed by atoms with Crippen LogP contribution in [0.3, 0.4) is 0 Å². The van der Waals surface area contributed by atoms with Gasteiger partial charge in [0.05, 0.1) is 0 Å². The smallest absolute Gasteiger partial charge is 0.0308 e. The van der Waals surface area contributed by atoms with Gasteiger partial charge in [-0.1, -0.05) is 23.8 Å². The van der Waals surface area contributed by atoms with Crippen molar-refractivity contribution in [2.24, 2.45) is 0 Å². The van der Waals surface area contributed by atoms with Crippen LogP contribution in [-0.2, 0) is 6.54 Å². The lowest BCUT2D eigenvalue weighted by Crippen LogP contribution is -2.16. The van der Waals surface area contributed by atoms with E-state index in [1.54, 1.807) is 0 Å². The fourth-order valence-electron chi connectivity index (χ4n) is 1.72. The first-order valence-corrected chi connectivity index (χ1v) is 6.44. The predicted octanol–water partition coefficient (Wildman–Crippen LogP) is 3.80. The molecule has 0 heterocycles. The van der Waals surface area contributed by atoms with E-state index >= 15 is 0 Å². The van der Waals surface area contributed by atoms with Gasteiger partial charge in [0, 0.05) is 11.9 Å². The number of hydrogen-bond donors (Lipinski definition) is 1. The molecule has 1 rings (SSSR count). The van der Waals surface area contributed by atoms with Crippen LogP contribution in [0.2, 0.25) is 0 Å². The van der Waals surface area contributed by atoms with Gasteiger partial charge in [0.2, 0.25) is 0 Å². The average Bonchev–Trinajstić information content (AvgIpc) is 2.22. The second-order valence-corrected chi connectivity index (χ2v) is 5.27. The minimum absolute atomic E-state index is 0.294. The minimum Gasteiger partial charge on any atom is -0.313 e. The number of benzene rings is 1. The molecule has 1 nitrogen and oxygen atoms in total. The van der Waals surface area contributed by atoms with Crippen molar-refractivity contribution in [1.29, 1.82) is 0 Å². The highest BCUT2D eigenvalue weighted by atomic mass is 35.5. The number of halogens is 1. The number of hydrogen-bond acceptors (Lipinski definition) is 1. The maximum atomic E-state index is 5.89. The molecule has 1 unspecified atom stereocenters. The number of alkyl halides is 1. The first-order chi connectivity index (χ1) is 7.59. The summed E-state index contributed by atoms with van der Waals surface area (Å²) in [6.07, 6.45) is 2.23. The van der Waals surface area contributed by atoms with E-state index in [0.29, 0.717) is 5.38 Å². The van der Waals surface area contributed by atoms with Gasteiger partial charge in [-0.2, -0.15) is 0 Å². The van der Waals surface area contributed by atoms with Gasteiger partial charge in [0.1, 0.15) is 0 Å². The summed E-state index contributed by atoms with van der Waals surface area (Å²) >= 11 is 5.89. The SMILES string of the molecule is Cc1ccc(C)c(CNCCCC(C)Cl)c1. The van der Waals surface area contributed by atoms with E-state index in [1.165, 1.54) is 16.7 Å². The molecule has 0 fully saturated rings. The summed E-state index contributed by atoms with van der Waals surface area (Å²) in [7, 11) is 0. The molecule has 1 atom stereocenters. The van der Waals surface area contributed by atoms with Crippen molar-refractivity contribution in [3.05, 3.63) is 34.9 Å². The van der Waals surface area contributed by atoms with Crippen molar-refractivity contribution in [3.63, 3.8) is 0 Å². The first-order valence-electron chi connectivity index (χ1n) is 6.00. The second-order valence-electron chi connectivity index (χ2n) is 4.53. The molecule has 1 aromatic carbocycles. The van der Waals surface area contributed by atoms with Crippen LogP contribution in [0.4, 0.5) is 0 Å². The van der Waals surface area contributed by atoms with E-state index in [1.807, 2.05) is 6.92 Å². The molecule has 16 heavy (non-hydrogen) atoms. The van der Waals surface area contributed by atoms with Gasteiger partial charge in [0.25, 0.3) is 0 Å². The molecule has 0 spiro atoms. The molecule has 1 aromatic rings. The van der Waals surface area contributed by atoms with Crippen LogP contribution in [0.25, 0.3) is 0 Å². The van der Waals surface area contributed by atoms with Crippen molar-refractivity contribution < 1.29 is 0 Å². The molecule has 90 valence electrons. The van der Waals surface area contributed by atoms with E-state index < -0.39 is 0 Å². The van der Waals surface area contributed by atoms with Crippen molar-refractivity contribution in [2.45, 2.75) is 45.5 Å². The van der Waals surface area contributed by atoms with Crippen molar-refractivity contribution in [3.8, 4) is 0 Å². The molecule has 0 aliphatic rings. The zero-order chi connectivity index (χ0) is 12.0. The van der Waals surface area contributed by atoms with Crippen molar-refractivity contribution >= 4 is 11.6 Å². The van der Waals surface area contributed by atoms with Gasteiger partial charge < -0.3 is 5.32 Å². The summed E-state index contributed by atoms with van der Waals surface area (Å²) in [4.78, 5) is 0. The van der Waals surface area contributed by atoms with Crippen LogP contribution < -0.4 is 5.32 Å². The Morgan fingerprint density at radius 3 is 2.75 bits per heavy atom. The van der Waals surface area contributed by atoms with Gasteiger partial charge in [-0.15, -0.1) is 11.6 Å². The summed E-state index contributed by atoms with van der Waals surface area (Å²) in [6.45, 7) is 8.36. The van der Waals surface area contributed by atoms with E-state index in [4.69, 9.17) is 11.6 Å². The fourth-order valence-corrected chi connectivity index (χ4v) is 1.88. The highest BCUT2D eigenvalue weighted by Crippen LogP contribution is 2.10. The molecule has 0 aromatic heterocycles. The molecule has 2 heteroatoms. The summed E-state index contributed by atoms with van der Waals surface area (Å²) in [5, 5.41) is 3.76. The average molecular weight is 240 g/mol. The maximum absolute atomic E-state index is 5.89. The highest BCUT2D eigenvalue weighted by Gasteiger charge is 1.99. The molecule has 0 bridgehead atoms. The molecule has 0 amide bonds. The van der Waals surface area contributed by atoms with Gasteiger partial charge in [0.15, 0.2) is 0 Å². The van der Waals surface area contributed by atoms with E-state index in [9.17, 15) is 0 Å². The van der Waals surface area contributed by atoms with Crippen LogP contribution in [-0.4, -0.2) is 11.9 Å². The summed E-state index contributed by atoms with van der Waals surface area (Å²) in [5.74, 6) is 0. The number of aryl methyl sites for hydroxylation is 2. The Kier molecular flexibility index (Phi) is 5.86.